The van der Waals surface area contributed by atoms with Crippen molar-refractivity contribution >= 4 is 43.9 Å². The van der Waals surface area contributed by atoms with Crippen LogP contribution in [0.3, 0.4) is 0 Å². The summed E-state index contributed by atoms with van der Waals surface area (Å²) in [4.78, 5) is 34.3. The molecule has 0 atom stereocenters. The highest BCUT2D eigenvalue weighted by atomic mass is 35.5. The number of phenols is 1. The molecule has 2 fully saturated rings. The smallest absolute Gasteiger partial charge is 0.276 e. The lowest BCUT2D eigenvalue weighted by Crippen LogP contribution is -2.61. The van der Waals surface area contributed by atoms with Crippen LogP contribution in [0.25, 0.3) is 27.7 Å². The predicted molar refractivity (Wildman–Crippen MR) is 182 cm³/mol. The molecule has 2 saturated heterocycles. The number of carbonyl (C=O) groups is 1. The van der Waals surface area contributed by atoms with Crippen molar-refractivity contribution in [1.82, 2.24) is 14.5 Å². The van der Waals surface area contributed by atoms with Gasteiger partial charge in [0.2, 0.25) is 5.91 Å². The summed E-state index contributed by atoms with van der Waals surface area (Å²) in [6, 6.07) is 6.48. The first-order chi connectivity index (χ1) is 22.6. The van der Waals surface area contributed by atoms with Gasteiger partial charge in [0.25, 0.3) is 5.56 Å². The van der Waals surface area contributed by atoms with Gasteiger partial charge in [-0.3, -0.25) is 19.1 Å². The first kappa shape index (κ1) is 33.6. The zero-order chi connectivity index (χ0) is 34.9. The van der Waals surface area contributed by atoms with Gasteiger partial charge < -0.3 is 14.9 Å². The van der Waals surface area contributed by atoms with Gasteiger partial charge in [-0.15, -0.1) is 0 Å². The quantitative estimate of drug-likeness (QED) is 0.241. The number of phenolic OH excluding ortho intramolecular Hbond substituents is 1. The third-order valence-corrected chi connectivity index (χ3v) is 10.9. The number of benzene rings is 2. The van der Waals surface area contributed by atoms with Gasteiger partial charge in [-0.25, -0.2) is 17.2 Å². The third-order valence-electron chi connectivity index (χ3n) is 9.50. The van der Waals surface area contributed by atoms with Crippen molar-refractivity contribution in [2.45, 2.75) is 44.4 Å². The molecule has 6 rings (SSSR count). The van der Waals surface area contributed by atoms with Crippen LogP contribution in [0, 0.1) is 24.0 Å². The lowest BCUT2D eigenvalue weighted by atomic mass is 9.72. The highest BCUT2D eigenvalue weighted by Gasteiger charge is 2.47. The van der Waals surface area contributed by atoms with E-state index in [1.807, 2.05) is 13.8 Å². The van der Waals surface area contributed by atoms with Crippen molar-refractivity contribution in [3.63, 3.8) is 0 Å². The largest absolute Gasteiger partial charge is 0.507 e. The van der Waals surface area contributed by atoms with E-state index in [9.17, 15) is 23.1 Å². The molecule has 1 spiro atoms. The van der Waals surface area contributed by atoms with Crippen molar-refractivity contribution in [2.24, 2.45) is 5.41 Å². The van der Waals surface area contributed by atoms with Gasteiger partial charge in [-0.2, -0.15) is 0 Å². The van der Waals surface area contributed by atoms with E-state index in [2.05, 4.69) is 11.6 Å². The second-order valence-corrected chi connectivity index (χ2v) is 15.4. The van der Waals surface area contributed by atoms with Crippen LogP contribution in [0.2, 0.25) is 5.02 Å². The Hall–Kier alpha value is -4.29. The number of piperidine rings is 1. The Morgan fingerprint density at radius 1 is 1.12 bits per heavy atom. The van der Waals surface area contributed by atoms with Crippen molar-refractivity contribution in [3.8, 4) is 22.6 Å². The highest BCUT2D eigenvalue weighted by Crippen LogP contribution is 2.47. The highest BCUT2D eigenvalue weighted by molar-refractivity contribution is 7.90. The maximum atomic E-state index is 17.3. The van der Waals surface area contributed by atoms with Crippen molar-refractivity contribution in [3.05, 3.63) is 87.5 Å². The van der Waals surface area contributed by atoms with E-state index in [1.54, 1.807) is 29.0 Å². The zero-order valence-electron chi connectivity index (χ0n) is 27.0. The normalized spacial score (nSPS) is 16.1. The molecule has 1 amide bonds. The van der Waals surface area contributed by atoms with Crippen molar-refractivity contribution in [2.75, 3.05) is 37.3 Å². The summed E-state index contributed by atoms with van der Waals surface area (Å²) in [7, 11) is -4.25. The van der Waals surface area contributed by atoms with E-state index in [0.717, 1.165) is 16.9 Å². The Morgan fingerprint density at radius 3 is 2.38 bits per heavy atom. The molecule has 48 heavy (non-hydrogen) atoms. The number of anilines is 1. The van der Waals surface area contributed by atoms with E-state index in [4.69, 9.17) is 11.6 Å². The Balaban J connectivity index is 1.69. The van der Waals surface area contributed by atoms with Crippen LogP contribution >= 0.6 is 11.6 Å². The summed E-state index contributed by atoms with van der Waals surface area (Å²) in [5.41, 5.74) is -1.33. The molecule has 2 aliphatic rings. The topological polar surface area (TPSA) is 113 Å². The molecule has 4 heterocycles. The van der Waals surface area contributed by atoms with Gasteiger partial charge in [0.15, 0.2) is 20.5 Å². The number of aromatic hydroxyl groups is 1. The van der Waals surface area contributed by atoms with E-state index in [1.165, 1.54) is 24.3 Å². The molecule has 0 bridgehead atoms. The zero-order valence-corrected chi connectivity index (χ0v) is 28.6. The Morgan fingerprint density at radius 2 is 1.79 bits per heavy atom. The number of likely N-dealkylation sites (tertiary alicyclic amines) is 1. The number of aryl methyl sites for hydroxylation is 1. The van der Waals surface area contributed by atoms with Gasteiger partial charge in [-0.05, 0) is 61.6 Å². The number of rotatable bonds is 6. The van der Waals surface area contributed by atoms with Gasteiger partial charge >= 0.3 is 0 Å². The summed E-state index contributed by atoms with van der Waals surface area (Å²) in [5.74, 6) is -3.04. The number of aromatic nitrogens is 2. The average Bonchev–Trinajstić information content (AvgIpc) is 3.00. The minimum atomic E-state index is -4.25. The van der Waals surface area contributed by atoms with Crippen LogP contribution in [0.4, 0.5) is 14.5 Å². The summed E-state index contributed by atoms with van der Waals surface area (Å²) in [5, 5.41) is 10.4. The van der Waals surface area contributed by atoms with Crippen LogP contribution in [0.1, 0.15) is 43.9 Å². The maximum Gasteiger partial charge on any atom is 0.276 e. The SMILES string of the molecule is C=CC(=O)N1CC2(CCN(c3c(S(C)(=O)=O)c(=O)n(-c4c(C)ccnc4C(C)C)c4c(F)c(-c5c(O)cccc5F)c(Cl)cc34)CC2)C1. The molecule has 2 aromatic carbocycles. The molecular weight excluding hydrogens is 662 g/mol. The Kier molecular flexibility index (Phi) is 8.40. The molecular formula is C35H35ClF2N4O5S. The fourth-order valence-corrected chi connectivity index (χ4v) is 8.42. The number of amides is 1. The first-order valence-electron chi connectivity index (χ1n) is 15.5. The molecule has 9 nitrogen and oxygen atoms in total. The molecule has 2 aliphatic heterocycles. The molecule has 0 radical (unpaired) electrons. The number of halogens is 3. The number of pyridine rings is 2. The van der Waals surface area contributed by atoms with Crippen molar-refractivity contribution in [1.29, 1.82) is 0 Å². The number of fused-ring (bicyclic) bond motifs is 1. The molecule has 0 aliphatic carbocycles. The summed E-state index contributed by atoms with van der Waals surface area (Å²) >= 11 is 6.72. The Bertz CT molecular complexity index is 2170. The van der Waals surface area contributed by atoms with E-state index < -0.39 is 48.8 Å². The standard InChI is InChI=1S/C35H35ClF2N4O5S/c1-6-25(44)41-17-35(18-41)11-14-40(15-12-35)32-21-16-22(36)26(27-23(37)8-7-9-24(27)43)28(38)31(21)42(34(45)33(32)48(5,46)47)30-20(4)10-13-39-29(30)19(2)3/h6-10,13,16,19,43H,1,11-12,14-15,17-18H2,2-5H3. The molecule has 13 heteroatoms. The lowest BCUT2D eigenvalue weighted by Gasteiger charge is -2.54. The van der Waals surface area contributed by atoms with E-state index >= 15 is 8.78 Å². The predicted octanol–water partition coefficient (Wildman–Crippen LogP) is 6.14. The van der Waals surface area contributed by atoms with Gasteiger partial charge in [0.1, 0.15) is 11.6 Å². The van der Waals surface area contributed by atoms with Crippen LogP contribution in [-0.2, 0) is 14.6 Å². The average molecular weight is 697 g/mol. The summed E-state index contributed by atoms with van der Waals surface area (Å²) in [6.45, 7) is 10.6. The molecule has 2 aromatic heterocycles. The second kappa shape index (κ2) is 12.0. The molecule has 252 valence electrons. The van der Waals surface area contributed by atoms with Crippen LogP contribution in [-0.4, -0.2) is 66.3 Å². The van der Waals surface area contributed by atoms with Crippen LogP contribution in [0.5, 0.6) is 5.75 Å². The van der Waals surface area contributed by atoms with Crippen molar-refractivity contribution < 1.29 is 27.1 Å². The monoisotopic (exact) mass is 696 g/mol. The fraction of sp³-hybridized carbons (Fsp3) is 0.343. The van der Waals surface area contributed by atoms with Crippen LogP contribution < -0.4 is 10.5 Å². The minimum Gasteiger partial charge on any atom is -0.507 e. The van der Waals surface area contributed by atoms with E-state index in [0.29, 0.717) is 50.3 Å². The maximum absolute atomic E-state index is 17.3. The number of carbonyl (C=O) groups excluding carboxylic acids is 1. The minimum absolute atomic E-state index is 0.000284. The molecule has 1 N–H and O–H groups in total. The third kappa shape index (κ3) is 5.35. The van der Waals surface area contributed by atoms with Gasteiger partial charge in [0, 0.05) is 55.0 Å². The first-order valence-corrected chi connectivity index (χ1v) is 17.8. The molecule has 4 aromatic rings. The molecule has 0 saturated carbocycles. The number of sulfone groups is 1. The fourth-order valence-electron chi connectivity index (χ4n) is 7.14. The summed E-state index contributed by atoms with van der Waals surface area (Å²) < 4.78 is 60.8. The van der Waals surface area contributed by atoms with Gasteiger partial charge in [0.05, 0.1) is 33.2 Å². The van der Waals surface area contributed by atoms with Crippen LogP contribution in [0.15, 0.2) is 58.9 Å². The lowest BCUT2D eigenvalue weighted by molar-refractivity contribution is -0.139. The van der Waals surface area contributed by atoms with Gasteiger partial charge in [-0.1, -0.05) is 38.1 Å². The molecule has 0 unspecified atom stereocenters. The number of hydrogen-bond acceptors (Lipinski definition) is 7. The number of nitrogens with zero attached hydrogens (tertiary/aromatic N) is 4. The second-order valence-electron chi connectivity index (χ2n) is 13.1. The summed E-state index contributed by atoms with van der Waals surface area (Å²) in [6.07, 6.45) is 4.92. The number of hydrogen-bond donors (Lipinski definition) is 1. The Labute approximate surface area is 282 Å². The van der Waals surface area contributed by atoms with E-state index in [-0.39, 0.29) is 44.5 Å².